The number of halogens is 2. The van der Waals surface area contributed by atoms with Crippen LogP contribution in [0.15, 0.2) is 18.2 Å². The standard InChI is InChI=1S/C14H19ClFN/c1-10-4-5-14(7-10,9-17)8-11-2-3-13(16)12(15)6-11/h2-3,6,10H,4-5,7-9,17H2,1H3. The summed E-state index contributed by atoms with van der Waals surface area (Å²) in [6, 6.07) is 5.00. The second kappa shape index (κ2) is 4.95. The van der Waals surface area contributed by atoms with E-state index in [9.17, 15) is 4.39 Å². The van der Waals surface area contributed by atoms with Crippen molar-refractivity contribution in [3.63, 3.8) is 0 Å². The van der Waals surface area contributed by atoms with Crippen molar-refractivity contribution in [3.05, 3.63) is 34.6 Å². The van der Waals surface area contributed by atoms with Crippen LogP contribution < -0.4 is 5.73 Å². The molecule has 0 amide bonds. The van der Waals surface area contributed by atoms with E-state index in [1.54, 1.807) is 6.07 Å². The predicted octanol–water partition coefficient (Wildman–Crippen LogP) is 3.79. The Morgan fingerprint density at radius 1 is 1.53 bits per heavy atom. The fourth-order valence-electron chi connectivity index (χ4n) is 3.00. The van der Waals surface area contributed by atoms with Crippen molar-refractivity contribution in [2.75, 3.05) is 6.54 Å². The summed E-state index contributed by atoms with van der Waals surface area (Å²) < 4.78 is 13.1. The normalized spacial score (nSPS) is 28.6. The summed E-state index contributed by atoms with van der Waals surface area (Å²) in [5, 5.41) is 0.209. The molecule has 1 saturated carbocycles. The topological polar surface area (TPSA) is 26.0 Å². The predicted molar refractivity (Wildman–Crippen MR) is 69.6 cm³/mol. The Morgan fingerprint density at radius 3 is 2.82 bits per heavy atom. The zero-order valence-electron chi connectivity index (χ0n) is 10.2. The van der Waals surface area contributed by atoms with Crippen LogP contribution in [0.5, 0.6) is 0 Å². The monoisotopic (exact) mass is 255 g/mol. The lowest BCUT2D eigenvalue weighted by Crippen LogP contribution is -2.30. The quantitative estimate of drug-likeness (QED) is 0.874. The number of rotatable bonds is 3. The molecule has 2 N–H and O–H groups in total. The average molecular weight is 256 g/mol. The van der Waals surface area contributed by atoms with Gasteiger partial charge in [-0.25, -0.2) is 4.39 Å². The molecule has 0 saturated heterocycles. The lowest BCUT2D eigenvalue weighted by atomic mass is 9.79. The van der Waals surface area contributed by atoms with Gasteiger partial charge in [-0.15, -0.1) is 0 Å². The van der Waals surface area contributed by atoms with Gasteiger partial charge in [-0.05, 0) is 54.8 Å². The first-order valence-electron chi connectivity index (χ1n) is 6.19. The number of benzene rings is 1. The van der Waals surface area contributed by atoms with E-state index in [0.29, 0.717) is 6.54 Å². The van der Waals surface area contributed by atoms with E-state index < -0.39 is 0 Å². The molecule has 1 aliphatic rings. The first-order chi connectivity index (χ1) is 8.04. The van der Waals surface area contributed by atoms with Crippen molar-refractivity contribution < 1.29 is 4.39 Å². The van der Waals surface area contributed by atoms with Gasteiger partial charge >= 0.3 is 0 Å². The van der Waals surface area contributed by atoms with Gasteiger partial charge in [-0.1, -0.05) is 31.0 Å². The largest absolute Gasteiger partial charge is 0.330 e. The van der Waals surface area contributed by atoms with Crippen LogP contribution in [-0.4, -0.2) is 6.54 Å². The van der Waals surface area contributed by atoms with Crippen molar-refractivity contribution in [2.24, 2.45) is 17.1 Å². The second-order valence-electron chi connectivity index (χ2n) is 5.48. The van der Waals surface area contributed by atoms with Crippen molar-refractivity contribution >= 4 is 11.6 Å². The minimum atomic E-state index is -0.350. The maximum atomic E-state index is 13.1. The Morgan fingerprint density at radius 2 is 2.29 bits per heavy atom. The molecule has 0 aromatic heterocycles. The maximum Gasteiger partial charge on any atom is 0.141 e. The highest BCUT2D eigenvalue weighted by Crippen LogP contribution is 2.43. The van der Waals surface area contributed by atoms with Crippen molar-refractivity contribution in [1.82, 2.24) is 0 Å². The summed E-state index contributed by atoms with van der Waals surface area (Å²) >= 11 is 5.81. The Hall–Kier alpha value is -0.600. The van der Waals surface area contributed by atoms with E-state index >= 15 is 0 Å². The van der Waals surface area contributed by atoms with E-state index in [2.05, 4.69) is 6.92 Å². The fourth-order valence-corrected chi connectivity index (χ4v) is 3.20. The van der Waals surface area contributed by atoms with Crippen molar-refractivity contribution in [1.29, 1.82) is 0 Å². The van der Waals surface area contributed by atoms with Crippen molar-refractivity contribution in [3.8, 4) is 0 Å². The molecule has 0 heterocycles. The zero-order valence-corrected chi connectivity index (χ0v) is 10.9. The zero-order chi connectivity index (χ0) is 12.5. The van der Waals surface area contributed by atoms with Crippen LogP contribution in [-0.2, 0) is 6.42 Å². The average Bonchev–Trinajstić information content (AvgIpc) is 2.66. The van der Waals surface area contributed by atoms with Gasteiger partial charge in [0.15, 0.2) is 0 Å². The lowest BCUT2D eigenvalue weighted by molar-refractivity contribution is 0.295. The molecule has 2 unspecified atom stereocenters. The molecule has 0 aliphatic heterocycles. The smallest absolute Gasteiger partial charge is 0.141 e. The molecule has 1 nitrogen and oxygen atoms in total. The highest BCUT2D eigenvalue weighted by atomic mass is 35.5. The van der Waals surface area contributed by atoms with Gasteiger partial charge in [0.1, 0.15) is 5.82 Å². The summed E-state index contributed by atoms with van der Waals surface area (Å²) in [6.45, 7) is 2.97. The molecule has 0 bridgehead atoms. The molecule has 1 aromatic carbocycles. The maximum absolute atomic E-state index is 13.1. The van der Waals surface area contributed by atoms with Crippen LogP contribution in [0.25, 0.3) is 0 Å². The van der Waals surface area contributed by atoms with Gasteiger partial charge < -0.3 is 5.73 Å². The first kappa shape index (κ1) is 12.8. The van der Waals surface area contributed by atoms with Gasteiger partial charge in [0, 0.05) is 0 Å². The Kier molecular flexibility index (Phi) is 3.74. The van der Waals surface area contributed by atoms with Crippen LogP contribution in [0.1, 0.15) is 31.7 Å². The van der Waals surface area contributed by atoms with Gasteiger partial charge in [-0.2, -0.15) is 0 Å². The van der Waals surface area contributed by atoms with E-state index in [0.717, 1.165) is 17.9 Å². The van der Waals surface area contributed by atoms with Crippen LogP contribution in [0.3, 0.4) is 0 Å². The van der Waals surface area contributed by atoms with Crippen LogP contribution >= 0.6 is 11.6 Å². The third-order valence-electron chi connectivity index (χ3n) is 3.95. The molecule has 0 spiro atoms. The summed E-state index contributed by atoms with van der Waals surface area (Å²) in [6.07, 6.45) is 4.48. The Labute approximate surface area is 107 Å². The Balaban J connectivity index is 2.16. The molecule has 1 aliphatic carbocycles. The highest BCUT2D eigenvalue weighted by Gasteiger charge is 2.36. The SMILES string of the molecule is CC1CCC(CN)(Cc2ccc(F)c(Cl)c2)C1. The lowest BCUT2D eigenvalue weighted by Gasteiger charge is -2.27. The van der Waals surface area contributed by atoms with E-state index in [1.165, 1.54) is 25.3 Å². The second-order valence-corrected chi connectivity index (χ2v) is 5.88. The molecule has 94 valence electrons. The summed E-state index contributed by atoms with van der Waals surface area (Å²) in [4.78, 5) is 0. The van der Waals surface area contributed by atoms with Gasteiger partial charge in [0.05, 0.1) is 5.02 Å². The number of hydrogen-bond acceptors (Lipinski definition) is 1. The third-order valence-corrected chi connectivity index (χ3v) is 4.23. The molecular weight excluding hydrogens is 237 g/mol. The fraction of sp³-hybridized carbons (Fsp3) is 0.571. The minimum Gasteiger partial charge on any atom is -0.330 e. The van der Waals surface area contributed by atoms with Gasteiger partial charge in [0.25, 0.3) is 0 Å². The van der Waals surface area contributed by atoms with Gasteiger partial charge in [0.2, 0.25) is 0 Å². The molecular formula is C14H19ClFN. The molecule has 1 aromatic rings. The van der Waals surface area contributed by atoms with E-state index in [1.807, 2.05) is 6.07 Å². The molecule has 2 rings (SSSR count). The third kappa shape index (κ3) is 2.80. The summed E-state index contributed by atoms with van der Waals surface area (Å²) in [7, 11) is 0. The van der Waals surface area contributed by atoms with E-state index in [-0.39, 0.29) is 16.3 Å². The summed E-state index contributed by atoms with van der Waals surface area (Å²) in [5.74, 6) is 0.395. The van der Waals surface area contributed by atoms with Crippen LogP contribution in [0, 0.1) is 17.2 Å². The van der Waals surface area contributed by atoms with E-state index in [4.69, 9.17) is 17.3 Å². The Bertz CT molecular complexity index is 407. The van der Waals surface area contributed by atoms with Crippen LogP contribution in [0.2, 0.25) is 5.02 Å². The molecule has 17 heavy (non-hydrogen) atoms. The number of nitrogens with two attached hydrogens (primary N) is 1. The van der Waals surface area contributed by atoms with Crippen molar-refractivity contribution in [2.45, 2.75) is 32.6 Å². The molecule has 1 fully saturated rings. The highest BCUT2D eigenvalue weighted by molar-refractivity contribution is 6.30. The molecule has 2 atom stereocenters. The molecule has 0 radical (unpaired) electrons. The van der Waals surface area contributed by atoms with Gasteiger partial charge in [-0.3, -0.25) is 0 Å². The minimum absolute atomic E-state index is 0.195. The first-order valence-corrected chi connectivity index (χ1v) is 6.56. The molecule has 3 heteroatoms. The summed E-state index contributed by atoms with van der Waals surface area (Å²) in [5.41, 5.74) is 7.23. The number of hydrogen-bond donors (Lipinski definition) is 1. The van der Waals surface area contributed by atoms with Crippen LogP contribution in [0.4, 0.5) is 4.39 Å².